The molecule has 0 aliphatic rings. The molecule has 2 N–H and O–H groups in total. The minimum Gasteiger partial charge on any atom is -0.321 e. The van der Waals surface area contributed by atoms with Crippen LogP contribution in [0.2, 0.25) is 0 Å². The lowest BCUT2D eigenvalue weighted by molar-refractivity contribution is 0.491. The Labute approximate surface area is 122 Å². The van der Waals surface area contributed by atoms with Gasteiger partial charge in [-0.05, 0) is 74.4 Å². The molecule has 0 fully saturated rings. The summed E-state index contributed by atoms with van der Waals surface area (Å²) in [7, 11) is 0. The van der Waals surface area contributed by atoms with Crippen molar-refractivity contribution in [3.8, 4) is 0 Å². The summed E-state index contributed by atoms with van der Waals surface area (Å²) in [5.41, 5.74) is 14.0. The van der Waals surface area contributed by atoms with Gasteiger partial charge in [-0.3, -0.25) is 0 Å². The molecule has 106 valence electrons. The average Bonchev–Trinajstić information content (AvgIpc) is 2.37. The van der Waals surface area contributed by atoms with Crippen molar-refractivity contribution in [2.45, 2.75) is 46.6 Å². The molecule has 1 nitrogen and oxygen atoms in total. The van der Waals surface area contributed by atoms with Crippen LogP contribution in [0.25, 0.3) is 0 Å². The van der Waals surface area contributed by atoms with Crippen molar-refractivity contribution < 1.29 is 0 Å². The molecule has 0 aliphatic carbocycles. The van der Waals surface area contributed by atoms with E-state index in [2.05, 4.69) is 71.0 Å². The van der Waals surface area contributed by atoms with E-state index in [0.29, 0.717) is 0 Å². The minimum atomic E-state index is -0.333. The first kappa shape index (κ1) is 14.8. The van der Waals surface area contributed by atoms with Gasteiger partial charge in [0.05, 0.1) is 0 Å². The summed E-state index contributed by atoms with van der Waals surface area (Å²) in [6, 6.07) is 13.2. The zero-order valence-electron chi connectivity index (χ0n) is 13.2. The van der Waals surface area contributed by atoms with Gasteiger partial charge in [0.2, 0.25) is 0 Å². The van der Waals surface area contributed by atoms with E-state index in [0.717, 1.165) is 6.42 Å². The molecule has 1 unspecified atom stereocenters. The van der Waals surface area contributed by atoms with Crippen LogP contribution in [-0.4, -0.2) is 0 Å². The lowest BCUT2D eigenvalue weighted by Crippen LogP contribution is -2.35. The molecule has 0 spiro atoms. The molecular formula is C19H25N. The minimum absolute atomic E-state index is 0.333. The molecule has 0 aromatic heterocycles. The predicted octanol–water partition coefficient (Wildman–Crippen LogP) is 4.34. The molecule has 0 heterocycles. The Morgan fingerprint density at radius 1 is 0.800 bits per heavy atom. The second-order valence-corrected chi connectivity index (χ2v) is 6.31. The fraction of sp³-hybridized carbons (Fsp3) is 0.368. The molecule has 0 bridgehead atoms. The van der Waals surface area contributed by atoms with Crippen molar-refractivity contribution in [2.75, 3.05) is 0 Å². The van der Waals surface area contributed by atoms with Crippen LogP contribution in [0, 0.1) is 27.7 Å². The van der Waals surface area contributed by atoms with Gasteiger partial charge in [-0.1, -0.05) is 36.4 Å². The molecule has 2 aromatic carbocycles. The van der Waals surface area contributed by atoms with Crippen LogP contribution < -0.4 is 5.73 Å². The second-order valence-electron chi connectivity index (χ2n) is 6.31. The Balaban J connectivity index is 2.29. The first-order chi connectivity index (χ1) is 9.29. The normalized spacial score (nSPS) is 14.1. The quantitative estimate of drug-likeness (QED) is 0.879. The Morgan fingerprint density at radius 2 is 1.35 bits per heavy atom. The zero-order chi connectivity index (χ0) is 14.9. The van der Waals surface area contributed by atoms with E-state index >= 15 is 0 Å². The van der Waals surface area contributed by atoms with E-state index in [9.17, 15) is 0 Å². The van der Waals surface area contributed by atoms with Gasteiger partial charge < -0.3 is 5.73 Å². The van der Waals surface area contributed by atoms with Crippen LogP contribution >= 0.6 is 0 Å². The van der Waals surface area contributed by atoms with E-state index in [1.54, 1.807) is 0 Å². The third-order valence-electron chi connectivity index (χ3n) is 4.31. The fourth-order valence-corrected chi connectivity index (χ4v) is 2.54. The van der Waals surface area contributed by atoms with Crippen LogP contribution in [0.3, 0.4) is 0 Å². The van der Waals surface area contributed by atoms with Gasteiger partial charge in [0.1, 0.15) is 0 Å². The molecule has 0 aliphatic heterocycles. The van der Waals surface area contributed by atoms with Gasteiger partial charge in [0, 0.05) is 5.54 Å². The molecule has 0 saturated heterocycles. The summed E-state index contributed by atoms with van der Waals surface area (Å²) in [6.07, 6.45) is 0.858. The Hall–Kier alpha value is -1.60. The van der Waals surface area contributed by atoms with Crippen LogP contribution in [-0.2, 0) is 12.0 Å². The summed E-state index contributed by atoms with van der Waals surface area (Å²) in [5.74, 6) is 0. The highest BCUT2D eigenvalue weighted by atomic mass is 14.7. The molecule has 1 heteroatoms. The SMILES string of the molecule is Cc1ccc(CC(C)(N)c2ccc(C)c(C)c2)cc1C. The third-order valence-corrected chi connectivity index (χ3v) is 4.31. The molecule has 0 amide bonds. The van der Waals surface area contributed by atoms with E-state index in [1.807, 2.05) is 0 Å². The number of hydrogen-bond acceptors (Lipinski definition) is 1. The van der Waals surface area contributed by atoms with Crippen LogP contribution in [0.5, 0.6) is 0 Å². The van der Waals surface area contributed by atoms with Crippen LogP contribution in [0.15, 0.2) is 36.4 Å². The molecule has 0 radical (unpaired) electrons. The van der Waals surface area contributed by atoms with Gasteiger partial charge in [0.15, 0.2) is 0 Å². The van der Waals surface area contributed by atoms with Gasteiger partial charge in [-0.25, -0.2) is 0 Å². The summed E-state index contributed by atoms with van der Waals surface area (Å²) in [6.45, 7) is 10.7. The van der Waals surface area contributed by atoms with Gasteiger partial charge in [-0.2, -0.15) is 0 Å². The molecule has 0 saturated carbocycles. The standard InChI is InChI=1S/C19H25N/c1-13-6-8-17(10-15(13)3)12-19(5,20)18-9-7-14(2)16(4)11-18/h6-11H,12,20H2,1-5H3. The second kappa shape index (κ2) is 5.41. The smallest absolute Gasteiger partial charge is 0.0421 e. The largest absolute Gasteiger partial charge is 0.321 e. The summed E-state index contributed by atoms with van der Waals surface area (Å²) in [5, 5.41) is 0. The third kappa shape index (κ3) is 3.10. The Kier molecular flexibility index (Phi) is 4.01. The van der Waals surface area contributed by atoms with Gasteiger partial charge >= 0.3 is 0 Å². The van der Waals surface area contributed by atoms with Crippen molar-refractivity contribution >= 4 is 0 Å². The molecule has 20 heavy (non-hydrogen) atoms. The van der Waals surface area contributed by atoms with Crippen molar-refractivity contribution in [1.29, 1.82) is 0 Å². The first-order valence-corrected chi connectivity index (χ1v) is 7.22. The summed E-state index contributed by atoms with van der Waals surface area (Å²) < 4.78 is 0. The van der Waals surface area contributed by atoms with Crippen molar-refractivity contribution in [2.24, 2.45) is 5.73 Å². The predicted molar refractivity (Wildman–Crippen MR) is 87.1 cm³/mol. The number of nitrogens with two attached hydrogens (primary N) is 1. The maximum Gasteiger partial charge on any atom is 0.0421 e. The number of benzene rings is 2. The van der Waals surface area contributed by atoms with Crippen molar-refractivity contribution in [1.82, 2.24) is 0 Å². The van der Waals surface area contributed by atoms with E-state index in [4.69, 9.17) is 5.73 Å². The van der Waals surface area contributed by atoms with Gasteiger partial charge in [-0.15, -0.1) is 0 Å². The number of aryl methyl sites for hydroxylation is 4. The van der Waals surface area contributed by atoms with Crippen molar-refractivity contribution in [3.63, 3.8) is 0 Å². The van der Waals surface area contributed by atoms with Crippen LogP contribution in [0.4, 0.5) is 0 Å². The topological polar surface area (TPSA) is 26.0 Å². The highest BCUT2D eigenvalue weighted by molar-refractivity contribution is 5.36. The Morgan fingerprint density at radius 3 is 1.90 bits per heavy atom. The highest BCUT2D eigenvalue weighted by Crippen LogP contribution is 2.25. The maximum atomic E-state index is 6.58. The fourth-order valence-electron chi connectivity index (χ4n) is 2.54. The number of hydrogen-bond donors (Lipinski definition) is 1. The van der Waals surface area contributed by atoms with E-state index in [-0.39, 0.29) is 5.54 Å². The van der Waals surface area contributed by atoms with Crippen molar-refractivity contribution in [3.05, 3.63) is 69.8 Å². The molecule has 2 rings (SSSR count). The van der Waals surface area contributed by atoms with Crippen LogP contribution in [0.1, 0.15) is 40.3 Å². The number of rotatable bonds is 3. The lowest BCUT2D eigenvalue weighted by Gasteiger charge is -2.26. The highest BCUT2D eigenvalue weighted by Gasteiger charge is 2.22. The first-order valence-electron chi connectivity index (χ1n) is 7.22. The molecule has 1 atom stereocenters. The Bertz CT molecular complexity index is 624. The average molecular weight is 267 g/mol. The summed E-state index contributed by atoms with van der Waals surface area (Å²) >= 11 is 0. The molecule has 2 aromatic rings. The lowest BCUT2D eigenvalue weighted by atomic mass is 9.84. The zero-order valence-corrected chi connectivity index (χ0v) is 13.2. The van der Waals surface area contributed by atoms with E-state index < -0.39 is 0 Å². The monoisotopic (exact) mass is 267 g/mol. The summed E-state index contributed by atoms with van der Waals surface area (Å²) in [4.78, 5) is 0. The van der Waals surface area contributed by atoms with Gasteiger partial charge in [0.25, 0.3) is 0 Å². The maximum absolute atomic E-state index is 6.58. The van der Waals surface area contributed by atoms with E-state index in [1.165, 1.54) is 33.4 Å². The molecular weight excluding hydrogens is 242 g/mol.